The fraction of sp³-hybridized carbons (Fsp3) is 0.381. The van der Waals surface area contributed by atoms with Gasteiger partial charge < -0.3 is 15.2 Å². The fourth-order valence-electron chi connectivity index (χ4n) is 2.85. The van der Waals surface area contributed by atoms with E-state index in [-0.39, 0.29) is 25.6 Å². The number of aryl methyl sites for hydroxylation is 2. The van der Waals surface area contributed by atoms with E-state index in [2.05, 4.69) is 5.32 Å². The predicted octanol–water partition coefficient (Wildman–Crippen LogP) is 4.23. The van der Waals surface area contributed by atoms with Crippen LogP contribution < -0.4 is 10.1 Å². The SMILES string of the molecule is Cc1ccc(C)c(OC[C@@H](O)CN(C)CC(=O)Nc2c(Cl)cccc2Cl)c1C. The van der Waals surface area contributed by atoms with E-state index in [4.69, 9.17) is 27.9 Å². The molecule has 0 aliphatic carbocycles. The first-order valence-electron chi connectivity index (χ1n) is 8.99. The number of carbonyl (C=O) groups is 1. The van der Waals surface area contributed by atoms with Gasteiger partial charge in [-0.2, -0.15) is 0 Å². The van der Waals surface area contributed by atoms with Gasteiger partial charge in [0.15, 0.2) is 0 Å². The molecule has 2 N–H and O–H groups in total. The first-order chi connectivity index (χ1) is 13.2. The monoisotopic (exact) mass is 424 g/mol. The Morgan fingerprint density at radius 2 is 1.75 bits per heavy atom. The normalized spacial score (nSPS) is 12.1. The van der Waals surface area contributed by atoms with E-state index >= 15 is 0 Å². The molecular formula is C21H26Cl2N2O3. The van der Waals surface area contributed by atoms with E-state index in [9.17, 15) is 9.90 Å². The molecule has 28 heavy (non-hydrogen) atoms. The Morgan fingerprint density at radius 3 is 2.39 bits per heavy atom. The van der Waals surface area contributed by atoms with Gasteiger partial charge >= 0.3 is 0 Å². The van der Waals surface area contributed by atoms with Crippen LogP contribution in [0.4, 0.5) is 5.69 Å². The summed E-state index contributed by atoms with van der Waals surface area (Å²) in [5, 5.41) is 13.7. The highest BCUT2D eigenvalue weighted by Crippen LogP contribution is 2.29. The van der Waals surface area contributed by atoms with Crippen molar-refractivity contribution in [3.8, 4) is 5.75 Å². The van der Waals surface area contributed by atoms with Crippen molar-refractivity contribution in [2.24, 2.45) is 0 Å². The van der Waals surface area contributed by atoms with Gasteiger partial charge in [-0.1, -0.05) is 41.4 Å². The molecule has 0 heterocycles. The van der Waals surface area contributed by atoms with Crippen LogP contribution in [-0.2, 0) is 4.79 Å². The molecule has 152 valence electrons. The van der Waals surface area contributed by atoms with Crippen LogP contribution in [-0.4, -0.2) is 48.8 Å². The van der Waals surface area contributed by atoms with E-state index in [0.29, 0.717) is 15.7 Å². The number of ether oxygens (including phenoxy) is 1. The number of hydrogen-bond acceptors (Lipinski definition) is 4. The molecule has 0 radical (unpaired) electrons. The predicted molar refractivity (Wildman–Crippen MR) is 115 cm³/mol. The van der Waals surface area contributed by atoms with Gasteiger partial charge in [0.25, 0.3) is 0 Å². The van der Waals surface area contributed by atoms with Crippen molar-refractivity contribution in [2.45, 2.75) is 26.9 Å². The van der Waals surface area contributed by atoms with E-state index in [1.54, 1.807) is 30.1 Å². The lowest BCUT2D eigenvalue weighted by Crippen LogP contribution is -2.38. The summed E-state index contributed by atoms with van der Waals surface area (Å²) in [6.45, 7) is 6.52. The zero-order valence-corrected chi connectivity index (χ0v) is 18.1. The molecule has 0 fully saturated rings. The van der Waals surface area contributed by atoms with Gasteiger partial charge in [-0.25, -0.2) is 0 Å². The number of nitrogens with zero attached hydrogens (tertiary/aromatic N) is 1. The minimum absolute atomic E-state index is 0.0844. The molecule has 0 spiro atoms. The van der Waals surface area contributed by atoms with E-state index < -0.39 is 6.10 Å². The number of hydrogen-bond donors (Lipinski definition) is 2. The Balaban J connectivity index is 1.85. The number of anilines is 1. The fourth-order valence-corrected chi connectivity index (χ4v) is 3.34. The summed E-state index contributed by atoms with van der Waals surface area (Å²) in [5.41, 5.74) is 3.62. The molecule has 0 saturated carbocycles. The average molecular weight is 425 g/mol. The highest BCUT2D eigenvalue weighted by molar-refractivity contribution is 6.39. The Bertz CT molecular complexity index is 822. The number of para-hydroxylation sites is 1. The highest BCUT2D eigenvalue weighted by atomic mass is 35.5. The number of halogens is 2. The van der Waals surface area contributed by atoms with Crippen LogP contribution in [0.2, 0.25) is 10.0 Å². The zero-order chi connectivity index (χ0) is 20.8. The van der Waals surface area contributed by atoms with Crippen LogP contribution in [0.1, 0.15) is 16.7 Å². The van der Waals surface area contributed by atoms with E-state index in [1.165, 1.54) is 0 Å². The van der Waals surface area contributed by atoms with Gasteiger partial charge in [0, 0.05) is 6.54 Å². The van der Waals surface area contributed by atoms with Crippen LogP contribution in [0.25, 0.3) is 0 Å². The standard InChI is InChI=1S/C21H26Cl2N2O3/c1-13-8-9-14(2)21(15(13)3)28-12-16(26)10-25(4)11-19(27)24-20-17(22)6-5-7-18(20)23/h5-9,16,26H,10-12H2,1-4H3,(H,24,27)/t16-/m0/s1. The third kappa shape index (κ3) is 6.11. The molecule has 1 amide bonds. The summed E-state index contributed by atoms with van der Waals surface area (Å²) in [7, 11) is 1.75. The highest BCUT2D eigenvalue weighted by Gasteiger charge is 2.16. The van der Waals surface area contributed by atoms with Crippen molar-refractivity contribution >= 4 is 34.8 Å². The van der Waals surface area contributed by atoms with Gasteiger partial charge in [-0.15, -0.1) is 0 Å². The van der Waals surface area contributed by atoms with Crippen molar-refractivity contribution in [3.63, 3.8) is 0 Å². The molecule has 0 bridgehead atoms. The van der Waals surface area contributed by atoms with Crippen molar-refractivity contribution in [3.05, 3.63) is 57.1 Å². The third-order valence-electron chi connectivity index (χ3n) is 4.46. The van der Waals surface area contributed by atoms with Crippen molar-refractivity contribution in [1.82, 2.24) is 4.90 Å². The molecule has 0 aliphatic heterocycles. The molecular weight excluding hydrogens is 399 g/mol. The molecule has 7 heteroatoms. The molecule has 2 aromatic rings. The number of carbonyl (C=O) groups excluding carboxylic acids is 1. The van der Waals surface area contributed by atoms with Crippen molar-refractivity contribution in [2.75, 3.05) is 32.1 Å². The minimum atomic E-state index is -0.735. The summed E-state index contributed by atoms with van der Waals surface area (Å²) in [5.74, 6) is 0.531. The first kappa shape index (κ1) is 22.5. The Morgan fingerprint density at radius 1 is 1.14 bits per heavy atom. The van der Waals surface area contributed by atoms with Crippen LogP contribution in [0.5, 0.6) is 5.75 Å². The largest absolute Gasteiger partial charge is 0.490 e. The van der Waals surface area contributed by atoms with Crippen LogP contribution >= 0.6 is 23.2 Å². The maximum atomic E-state index is 12.2. The summed E-state index contributed by atoms with van der Waals surface area (Å²) in [6, 6.07) is 9.07. The Labute approximate surface area is 176 Å². The van der Waals surface area contributed by atoms with Gasteiger partial charge in [-0.05, 0) is 56.6 Å². The number of aliphatic hydroxyl groups is 1. The maximum absolute atomic E-state index is 12.2. The summed E-state index contributed by atoms with van der Waals surface area (Å²) >= 11 is 12.1. The number of likely N-dealkylation sites (N-methyl/N-ethyl adjacent to an activating group) is 1. The number of benzene rings is 2. The zero-order valence-electron chi connectivity index (χ0n) is 16.6. The average Bonchev–Trinajstić information content (AvgIpc) is 2.61. The summed E-state index contributed by atoms with van der Waals surface area (Å²) in [4.78, 5) is 13.9. The Kier molecular flexibility index (Phi) is 8.13. The molecule has 1 atom stereocenters. The lowest BCUT2D eigenvalue weighted by Gasteiger charge is -2.22. The molecule has 2 rings (SSSR count). The number of rotatable bonds is 8. The second kappa shape index (κ2) is 10.1. The lowest BCUT2D eigenvalue weighted by molar-refractivity contribution is -0.117. The molecule has 0 aromatic heterocycles. The van der Waals surface area contributed by atoms with Gasteiger partial charge in [0.2, 0.25) is 5.91 Å². The van der Waals surface area contributed by atoms with Gasteiger partial charge in [0.1, 0.15) is 18.5 Å². The van der Waals surface area contributed by atoms with Crippen LogP contribution in [0, 0.1) is 20.8 Å². The molecule has 5 nitrogen and oxygen atoms in total. The minimum Gasteiger partial charge on any atom is -0.490 e. The Hall–Kier alpha value is -1.79. The smallest absolute Gasteiger partial charge is 0.238 e. The molecule has 0 saturated heterocycles. The summed E-state index contributed by atoms with van der Waals surface area (Å²) in [6.07, 6.45) is -0.735. The first-order valence-corrected chi connectivity index (χ1v) is 9.74. The number of nitrogens with one attached hydrogen (secondary N) is 1. The topological polar surface area (TPSA) is 61.8 Å². The molecule has 0 unspecified atom stereocenters. The lowest BCUT2D eigenvalue weighted by atomic mass is 10.1. The third-order valence-corrected chi connectivity index (χ3v) is 5.09. The van der Waals surface area contributed by atoms with Crippen LogP contribution in [0.3, 0.4) is 0 Å². The van der Waals surface area contributed by atoms with Gasteiger partial charge in [-0.3, -0.25) is 9.69 Å². The second-order valence-electron chi connectivity index (χ2n) is 6.96. The van der Waals surface area contributed by atoms with Crippen molar-refractivity contribution < 1.29 is 14.6 Å². The molecule has 2 aromatic carbocycles. The van der Waals surface area contributed by atoms with Crippen molar-refractivity contribution in [1.29, 1.82) is 0 Å². The van der Waals surface area contributed by atoms with E-state index in [0.717, 1.165) is 22.4 Å². The second-order valence-corrected chi connectivity index (χ2v) is 7.77. The maximum Gasteiger partial charge on any atom is 0.238 e. The van der Waals surface area contributed by atoms with Gasteiger partial charge in [0.05, 0.1) is 22.3 Å². The van der Waals surface area contributed by atoms with Crippen LogP contribution in [0.15, 0.2) is 30.3 Å². The number of aliphatic hydroxyl groups excluding tert-OH is 1. The molecule has 0 aliphatic rings. The number of amides is 1. The summed E-state index contributed by atoms with van der Waals surface area (Å²) < 4.78 is 5.83. The quantitative estimate of drug-likeness (QED) is 0.665. The van der Waals surface area contributed by atoms with E-state index in [1.807, 2.05) is 32.9 Å².